The van der Waals surface area contributed by atoms with E-state index in [4.69, 9.17) is 14.5 Å². The van der Waals surface area contributed by atoms with E-state index in [1.165, 1.54) is 11.1 Å². The lowest BCUT2D eigenvalue weighted by Gasteiger charge is -2.31. The van der Waals surface area contributed by atoms with Gasteiger partial charge in [0.25, 0.3) is 0 Å². The first-order valence-corrected chi connectivity index (χ1v) is 16.9. The van der Waals surface area contributed by atoms with Gasteiger partial charge in [-0.3, -0.25) is 4.68 Å². The summed E-state index contributed by atoms with van der Waals surface area (Å²) in [5.41, 5.74) is 7.16. The predicted molar refractivity (Wildman–Crippen MR) is 167 cm³/mol. The van der Waals surface area contributed by atoms with Gasteiger partial charge in [-0.05, 0) is 71.4 Å². The number of fused-ring (bicyclic) bond motifs is 1. The number of halogens is 1. The average molecular weight is 639 g/mol. The minimum absolute atomic E-state index is 0.395. The first kappa shape index (κ1) is 27.8. The third-order valence-electron chi connectivity index (χ3n) is 7.49. The van der Waals surface area contributed by atoms with Crippen molar-refractivity contribution in [1.82, 2.24) is 19.7 Å². The molecule has 1 saturated heterocycles. The molecule has 2 N–H and O–H groups in total. The highest BCUT2D eigenvalue weighted by Gasteiger charge is 2.24. The maximum atomic E-state index is 13.1. The van der Waals surface area contributed by atoms with Crippen LogP contribution in [-0.2, 0) is 29.2 Å². The van der Waals surface area contributed by atoms with Crippen LogP contribution in [0.4, 0.5) is 28.8 Å². The number of rotatable bonds is 8. The van der Waals surface area contributed by atoms with Crippen molar-refractivity contribution in [1.29, 1.82) is 0 Å². The maximum absolute atomic E-state index is 13.1. The topological polar surface area (TPSA) is 106 Å². The highest BCUT2D eigenvalue weighted by Crippen LogP contribution is 2.43. The minimum Gasteiger partial charge on any atom is -0.494 e. The normalized spacial score (nSPS) is 14.8. The van der Waals surface area contributed by atoms with E-state index in [0.29, 0.717) is 35.2 Å². The van der Waals surface area contributed by atoms with Gasteiger partial charge in [0.1, 0.15) is 18.7 Å². The molecule has 41 heavy (non-hydrogen) atoms. The second-order valence-electron chi connectivity index (χ2n) is 10.7. The Kier molecular flexibility index (Phi) is 7.52. The molecule has 10 nitrogen and oxygen atoms in total. The average Bonchev–Trinajstić information content (AvgIpc) is 3.37. The molecule has 4 aromatic rings. The van der Waals surface area contributed by atoms with Crippen molar-refractivity contribution in [3.8, 4) is 16.9 Å². The molecule has 1 aliphatic carbocycles. The third kappa shape index (κ3) is 5.71. The largest absolute Gasteiger partial charge is 0.494 e. The van der Waals surface area contributed by atoms with E-state index in [0.717, 1.165) is 59.4 Å². The number of morpholine rings is 1. The molecule has 2 aromatic heterocycles. The van der Waals surface area contributed by atoms with Crippen LogP contribution in [0.3, 0.4) is 0 Å². The van der Waals surface area contributed by atoms with Gasteiger partial charge in [-0.2, -0.15) is 10.1 Å². The van der Waals surface area contributed by atoms with Crippen molar-refractivity contribution in [3.63, 3.8) is 0 Å². The zero-order valence-electron chi connectivity index (χ0n) is 23.6. The van der Waals surface area contributed by atoms with Gasteiger partial charge in [0.15, 0.2) is 0 Å². The fourth-order valence-corrected chi connectivity index (χ4v) is 6.69. The van der Waals surface area contributed by atoms with Crippen LogP contribution >= 0.6 is 23.1 Å². The molecule has 1 fully saturated rings. The van der Waals surface area contributed by atoms with E-state index < -0.39 is 7.14 Å². The zero-order valence-corrected chi connectivity index (χ0v) is 26.1. The van der Waals surface area contributed by atoms with Crippen LogP contribution < -0.4 is 25.6 Å². The van der Waals surface area contributed by atoms with Gasteiger partial charge < -0.3 is 29.6 Å². The number of methoxy groups -OCH3 is 1. The molecule has 0 spiro atoms. The first-order valence-electron chi connectivity index (χ1n) is 13.5. The molecule has 2 aliphatic rings. The summed E-state index contributed by atoms with van der Waals surface area (Å²) in [6, 6.07) is 8.28. The molecule has 0 unspecified atom stereocenters. The maximum Gasteiger partial charge on any atom is 0.229 e. The second kappa shape index (κ2) is 11.1. The molecule has 0 atom stereocenters. The Hall–Kier alpha value is -3.40. The third-order valence-corrected chi connectivity index (χ3v) is 9.60. The van der Waals surface area contributed by atoms with Gasteiger partial charge in [-0.25, -0.2) is 4.98 Å². The first-order chi connectivity index (χ1) is 19.7. The summed E-state index contributed by atoms with van der Waals surface area (Å²) in [5, 5.41) is 12.0. The van der Waals surface area contributed by atoms with Gasteiger partial charge in [0.05, 0.1) is 42.4 Å². The summed E-state index contributed by atoms with van der Waals surface area (Å²) in [5.74, 6) is 1.64. The Morgan fingerprint density at radius 1 is 1.02 bits per heavy atom. The van der Waals surface area contributed by atoms with Gasteiger partial charge >= 0.3 is 0 Å². The number of nitrogens with zero attached hydrogens (tertiary/aromatic N) is 5. The number of hydrogen-bond donors (Lipinski definition) is 2. The van der Waals surface area contributed by atoms with Crippen LogP contribution in [0.15, 0.2) is 47.3 Å². The number of nitrogens with one attached hydrogen (secondary N) is 2. The van der Waals surface area contributed by atoms with E-state index in [-0.39, 0.29) is 0 Å². The number of ether oxygens (including phenoxy) is 2. The number of aryl methyl sites for hydroxylation is 3. The monoisotopic (exact) mass is 637 g/mol. The summed E-state index contributed by atoms with van der Waals surface area (Å²) in [7, 11) is 1.04. The summed E-state index contributed by atoms with van der Waals surface area (Å²) in [4.78, 5) is 11.6. The minimum atomic E-state index is -2.52. The van der Waals surface area contributed by atoms with E-state index in [2.05, 4.69) is 59.7 Å². The van der Waals surface area contributed by atoms with Crippen molar-refractivity contribution in [3.05, 3.63) is 58.5 Å². The summed E-state index contributed by atoms with van der Waals surface area (Å²) in [6.07, 6.45) is 7.62. The van der Waals surface area contributed by atoms with E-state index >= 15 is 0 Å². The smallest absolute Gasteiger partial charge is 0.229 e. The lowest BCUT2D eigenvalue weighted by Crippen LogP contribution is -2.36. The van der Waals surface area contributed by atoms with Crippen molar-refractivity contribution < 1.29 is 14.0 Å². The van der Waals surface area contributed by atoms with Gasteiger partial charge in [0.2, 0.25) is 5.95 Å². The number of aromatic nitrogens is 4. The number of hydrogen-bond acceptors (Lipinski definition) is 9. The highest BCUT2D eigenvalue weighted by atomic mass is 79.9. The second-order valence-corrected chi connectivity index (χ2v) is 14.7. The van der Waals surface area contributed by atoms with Crippen molar-refractivity contribution >= 4 is 57.2 Å². The van der Waals surface area contributed by atoms with Crippen molar-refractivity contribution in [2.75, 3.05) is 62.3 Å². The van der Waals surface area contributed by atoms with Crippen LogP contribution in [0.2, 0.25) is 0 Å². The number of benzene rings is 2. The van der Waals surface area contributed by atoms with E-state index in [1.54, 1.807) is 31.3 Å². The summed E-state index contributed by atoms with van der Waals surface area (Å²) >= 11 is 3.59. The van der Waals surface area contributed by atoms with Gasteiger partial charge in [-0.15, -0.1) is 0 Å². The lowest BCUT2D eigenvalue weighted by atomic mass is 9.88. The molecule has 0 bridgehead atoms. The molecule has 0 amide bonds. The quantitative estimate of drug-likeness (QED) is 0.248. The molecule has 2 aromatic carbocycles. The zero-order chi connectivity index (χ0) is 28.7. The molecule has 0 radical (unpaired) electrons. The standard InChI is InChI=1S/C29H33BrN7O3P/c1-36-17-20(15-32-36)21-13-23(26(39-2)14-25(21)37-7-9-40-10-8-37)34-29-31-16-22(30)28(35-29)33-24-11-18-5-6-19(18)12-27(24)41(3,4)38/h11-17H,5-10H2,1-4H3,(H2,31,33,34,35). The van der Waals surface area contributed by atoms with Crippen LogP contribution in [0.5, 0.6) is 5.75 Å². The Labute approximate surface area is 248 Å². The molecule has 6 rings (SSSR count). The SMILES string of the molecule is COc1cc(N2CCOCC2)c(-c2cnn(C)c2)cc1Nc1ncc(Br)c(Nc2cc3c(cc2P(C)(C)=O)CC3)n1. The van der Waals surface area contributed by atoms with Crippen molar-refractivity contribution in [2.24, 2.45) is 7.05 Å². The van der Waals surface area contributed by atoms with Crippen LogP contribution in [0.25, 0.3) is 11.1 Å². The lowest BCUT2D eigenvalue weighted by molar-refractivity contribution is 0.122. The van der Waals surface area contributed by atoms with Crippen LogP contribution in [0.1, 0.15) is 11.1 Å². The Morgan fingerprint density at radius 2 is 1.78 bits per heavy atom. The van der Waals surface area contributed by atoms with Gasteiger partial charge in [0, 0.05) is 60.7 Å². The molecular weight excluding hydrogens is 605 g/mol. The molecular formula is C29H33BrN7O3P. The molecule has 1 aliphatic heterocycles. The molecule has 214 valence electrons. The summed E-state index contributed by atoms with van der Waals surface area (Å²) in [6.45, 7) is 6.53. The molecule has 12 heteroatoms. The molecule has 3 heterocycles. The van der Waals surface area contributed by atoms with E-state index in [1.807, 2.05) is 25.5 Å². The Morgan fingerprint density at radius 3 is 2.44 bits per heavy atom. The number of anilines is 5. The molecule has 0 saturated carbocycles. The fourth-order valence-electron chi connectivity index (χ4n) is 5.24. The fraction of sp³-hybridized carbons (Fsp3) is 0.345. The van der Waals surface area contributed by atoms with E-state index in [9.17, 15) is 4.57 Å². The van der Waals surface area contributed by atoms with Crippen LogP contribution in [0, 0.1) is 0 Å². The highest BCUT2D eigenvalue weighted by molar-refractivity contribution is 9.10. The Bertz CT molecular complexity index is 1660. The predicted octanol–water partition coefficient (Wildman–Crippen LogP) is 5.32. The van der Waals surface area contributed by atoms with Gasteiger partial charge in [-0.1, -0.05) is 0 Å². The van der Waals surface area contributed by atoms with Crippen molar-refractivity contribution in [2.45, 2.75) is 12.8 Å². The van der Waals surface area contributed by atoms with Crippen LogP contribution in [-0.4, -0.2) is 66.5 Å². The summed E-state index contributed by atoms with van der Waals surface area (Å²) < 4.78 is 27.1. The Balaban J connectivity index is 1.36.